The molecule has 0 unspecified atom stereocenters. The van der Waals surface area contributed by atoms with E-state index in [9.17, 15) is 5.11 Å². The van der Waals surface area contributed by atoms with Gasteiger partial charge in [0.05, 0.1) is 7.11 Å². The van der Waals surface area contributed by atoms with Crippen molar-refractivity contribution in [1.82, 2.24) is 0 Å². The first kappa shape index (κ1) is 10.9. The molecule has 0 radical (unpaired) electrons. The first-order valence-corrected chi connectivity index (χ1v) is 4.75. The van der Waals surface area contributed by atoms with Gasteiger partial charge in [0.15, 0.2) is 11.5 Å². The summed E-state index contributed by atoms with van der Waals surface area (Å²) in [6.07, 6.45) is 0. The molecule has 2 heteroatoms. The molecule has 0 saturated heterocycles. The number of aromatic hydroxyl groups is 1. The van der Waals surface area contributed by atoms with Crippen LogP contribution < -0.4 is 4.74 Å². The Morgan fingerprint density at radius 2 is 1.79 bits per heavy atom. The van der Waals surface area contributed by atoms with E-state index in [1.807, 2.05) is 13.0 Å². The van der Waals surface area contributed by atoms with Crippen LogP contribution >= 0.6 is 0 Å². The van der Waals surface area contributed by atoms with Crippen molar-refractivity contribution in [3.05, 3.63) is 23.3 Å². The van der Waals surface area contributed by atoms with E-state index in [-0.39, 0.29) is 11.2 Å². The van der Waals surface area contributed by atoms with Crippen LogP contribution in [0, 0.1) is 6.92 Å². The first-order chi connectivity index (χ1) is 6.38. The third-order valence-corrected chi connectivity index (χ3v) is 2.30. The summed E-state index contributed by atoms with van der Waals surface area (Å²) in [4.78, 5) is 0. The summed E-state index contributed by atoms with van der Waals surface area (Å²) >= 11 is 0. The molecular weight excluding hydrogens is 176 g/mol. The first-order valence-electron chi connectivity index (χ1n) is 4.75. The number of phenols is 1. The van der Waals surface area contributed by atoms with Gasteiger partial charge >= 0.3 is 0 Å². The molecule has 1 aromatic rings. The molecule has 0 bridgehead atoms. The fourth-order valence-corrected chi connectivity index (χ4v) is 1.81. The summed E-state index contributed by atoms with van der Waals surface area (Å²) in [6, 6.07) is 3.59. The van der Waals surface area contributed by atoms with Crippen molar-refractivity contribution in [2.24, 2.45) is 0 Å². The maximum atomic E-state index is 9.65. The molecule has 0 aliphatic rings. The number of methoxy groups -OCH3 is 1. The number of phenolic OH excluding ortho intramolecular Hbond substituents is 1. The average molecular weight is 194 g/mol. The van der Waals surface area contributed by atoms with Gasteiger partial charge in [0.1, 0.15) is 0 Å². The monoisotopic (exact) mass is 194 g/mol. The van der Waals surface area contributed by atoms with E-state index in [2.05, 4.69) is 20.8 Å². The zero-order valence-corrected chi connectivity index (χ0v) is 9.51. The molecule has 0 heterocycles. The molecule has 0 spiro atoms. The van der Waals surface area contributed by atoms with Crippen molar-refractivity contribution in [2.45, 2.75) is 33.1 Å². The summed E-state index contributed by atoms with van der Waals surface area (Å²) in [5.41, 5.74) is 2.20. The highest BCUT2D eigenvalue weighted by Crippen LogP contribution is 2.39. The van der Waals surface area contributed by atoms with Crippen LogP contribution in [-0.2, 0) is 5.41 Å². The van der Waals surface area contributed by atoms with E-state index in [0.29, 0.717) is 5.75 Å². The molecule has 14 heavy (non-hydrogen) atoms. The molecular formula is C12H18O2. The lowest BCUT2D eigenvalue weighted by Crippen LogP contribution is -2.14. The van der Waals surface area contributed by atoms with Gasteiger partial charge in [-0.25, -0.2) is 0 Å². The van der Waals surface area contributed by atoms with Gasteiger partial charge in [-0.2, -0.15) is 0 Å². The van der Waals surface area contributed by atoms with Gasteiger partial charge in [-0.15, -0.1) is 0 Å². The number of aryl methyl sites for hydroxylation is 1. The number of hydrogen-bond donors (Lipinski definition) is 1. The molecule has 0 fully saturated rings. The Bertz CT molecular complexity index is 335. The van der Waals surface area contributed by atoms with Crippen LogP contribution in [0.1, 0.15) is 31.9 Å². The van der Waals surface area contributed by atoms with Gasteiger partial charge in [0, 0.05) is 5.56 Å². The van der Waals surface area contributed by atoms with Crippen LogP contribution in [0.4, 0.5) is 0 Å². The van der Waals surface area contributed by atoms with Gasteiger partial charge in [-0.05, 0) is 24.0 Å². The Hall–Kier alpha value is -1.18. The zero-order valence-electron chi connectivity index (χ0n) is 9.51. The van der Waals surface area contributed by atoms with Crippen LogP contribution in [-0.4, -0.2) is 12.2 Å². The second kappa shape index (κ2) is 3.52. The maximum absolute atomic E-state index is 9.65. The van der Waals surface area contributed by atoms with Crippen LogP contribution in [0.15, 0.2) is 12.1 Å². The SMILES string of the molecule is COc1c(O)ccc(C)c1C(C)(C)C. The summed E-state index contributed by atoms with van der Waals surface area (Å²) < 4.78 is 5.23. The smallest absolute Gasteiger partial charge is 0.164 e. The van der Waals surface area contributed by atoms with E-state index in [4.69, 9.17) is 4.74 Å². The lowest BCUT2D eigenvalue weighted by atomic mass is 9.83. The molecule has 0 aromatic heterocycles. The second-order valence-electron chi connectivity index (χ2n) is 4.56. The Morgan fingerprint density at radius 1 is 1.21 bits per heavy atom. The Balaban J connectivity index is 3.46. The largest absolute Gasteiger partial charge is 0.504 e. The quantitative estimate of drug-likeness (QED) is 0.744. The minimum absolute atomic E-state index is 0.0197. The maximum Gasteiger partial charge on any atom is 0.164 e. The van der Waals surface area contributed by atoms with Crippen molar-refractivity contribution >= 4 is 0 Å². The molecule has 1 rings (SSSR count). The van der Waals surface area contributed by atoms with Crippen molar-refractivity contribution in [2.75, 3.05) is 7.11 Å². The molecule has 1 aromatic carbocycles. The highest BCUT2D eigenvalue weighted by atomic mass is 16.5. The highest BCUT2D eigenvalue weighted by molar-refractivity contribution is 5.52. The van der Waals surface area contributed by atoms with Gasteiger partial charge < -0.3 is 9.84 Å². The highest BCUT2D eigenvalue weighted by Gasteiger charge is 2.23. The average Bonchev–Trinajstić information content (AvgIpc) is 2.06. The molecule has 0 aliphatic carbocycles. The van der Waals surface area contributed by atoms with Gasteiger partial charge in [0.2, 0.25) is 0 Å². The fourth-order valence-electron chi connectivity index (χ4n) is 1.81. The Kier molecular flexibility index (Phi) is 2.74. The predicted molar refractivity (Wildman–Crippen MR) is 58.1 cm³/mol. The lowest BCUT2D eigenvalue weighted by molar-refractivity contribution is 0.359. The number of rotatable bonds is 1. The van der Waals surface area contributed by atoms with E-state index in [1.165, 1.54) is 0 Å². The predicted octanol–water partition coefficient (Wildman–Crippen LogP) is 3.01. The van der Waals surface area contributed by atoms with E-state index < -0.39 is 0 Å². The van der Waals surface area contributed by atoms with E-state index in [0.717, 1.165) is 11.1 Å². The topological polar surface area (TPSA) is 29.5 Å². The van der Waals surface area contributed by atoms with Gasteiger partial charge in [0.25, 0.3) is 0 Å². The number of ether oxygens (including phenoxy) is 1. The Morgan fingerprint density at radius 3 is 2.14 bits per heavy atom. The minimum atomic E-state index is -0.0197. The standard InChI is InChI=1S/C12H18O2/c1-8-6-7-9(13)11(14-5)10(8)12(2,3)4/h6-7,13H,1-5H3. The van der Waals surface area contributed by atoms with E-state index in [1.54, 1.807) is 13.2 Å². The molecule has 0 atom stereocenters. The van der Waals surface area contributed by atoms with Crippen LogP contribution in [0.2, 0.25) is 0 Å². The molecule has 0 saturated carbocycles. The summed E-state index contributed by atoms with van der Waals surface area (Å²) in [5.74, 6) is 0.806. The van der Waals surface area contributed by atoms with Crippen molar-refractivity contribution in [1.29, 1.82) is 0 Å². The summed E-state index contributed by atoms with van der Waals surface area (Å²) in [5, 5.41) is 9.65. The molecule has 0 amide bonds. The summed E-state index contributed by atoms with van der Waals surface area (Å²) in [6.45, 7) is 8.36. The molecule has 1 N–H and O–H groups in total. The fraction of sp³-hybridized carbons (Fsp3) is 0.500. The summed E-state index contributed by atoms with van der Waals surface area (Å²) in [7, 11) is 1.59. The molecule has 78 valence electrons. The molecule has 0 aliphatic heterocycles. The minimum Gasteiger partial charge on any atom is -0.504 e. The number of hydrogen-bond acceptors (Lipinski definition) is 2. The van der Waals surface area contributed by atoms with Crippen molar-refractivity contribution < 1.29 is 9.84 Å². The lowest BCUT2D eigenvalue weighted by Gasteiger charge is -2.24. The van der Waals surface area contributed by atoms with Gasteiger partial charge in [-0.1, -0.05) is 26.8 Å². The Labute approximate surface area is 85.5 Å². The third kappa shape index (κ3) is 1.84. The van der Waals surface area contributed by atoms with E-state index >= 15 is 0 Å². The zero-order chi connectivity index (χ0) is 10.9. The van der Waals surface area contributed by atoms with Crippen molar-refractivity contribution in [3.63, 3.8) is 0 Å². The van der Waals surface area contributed by atoms with Crippen LogP contribution in [0.25, 0.3) is 0 Å². The van der Waals surface area contributed by atoms with Crippen molar-refractivity contribution in [3.8, 4) is 11.5 Å². The normalized spacial score (nSPS) is 11.5. The number of benzene rings is 1. The van der Waals surface area contributed by atoms with Crippen LogP contribution in [0.3, 0.4) is 0 Å². The third-order valence-electron chi connectivity index (χ3n) is 2.30. The van der Waals surface area contributed by atoms with Gasteiger partial charge in [-0.3, -0.25) is 0 Å². The molecule has 2 nitrogen and oxygen atoms in total. The van der Waals surface area contributed by atoms with Crippen LogP contribution in [0.5, 0.6) is 11.5 Å². The second-order valence-corrected chi connectivity index (χ2v) is 4.56.